The van der Waals surface area contributed by atoms with Gasteiger partial charge in [0.2, 0.25) is 0 Å². The Hall–Kier alpha value is -0.990. The summed E-state index contributed by atoms with van der Waals surface area (Å²) in [6, 6.07) is 5.69. The molecule has 0 N–H and O–H groups in total. The van der Waals surface area contributed by atoms with Gasteiger partial charge in [0, 0.05) is 10.6 Å². The lowest BCUT2D eigenvalue weighted by atomic mass is 10.1. The Morgan fingerprint density at radius 2 is 2.20 bits per heavy atom. The molecule has 2 rings (SSSR count). The second kappa shape index (κ2) is 4.25. The van der Waals surface area contributed by atoms with Crippen LogP contribution in [0.3, 0.4) is 0 Å². The number of rotatable bonds is 2. The monoisotopic (exact) mass is 241 g/mol. The molecule has 0 bridgehead atoms. The van der Waals surface area contributed by atoms with Crippen LogP contribution in [0.2, 0.25) is 5.02 Å². The standard InChI is InChI=1S/C11H9Cl2NO/c1-7-4-8(2-3-9(7)13)11-10(5-12)14-6-15-11/h2-4,6H,5H2,1H3. The molecule has 0 saturated heterocycles. The molecule has 15 heavy (non-hydrogen) atoms. The number of oxazole rings is 1. The van der Waals surface area contributed by atoms with Gasteiger partial charge in [-0.3, -0.25) is 0 Å². The number of hydrogen-bond acceptors (Lipinski definition) is 2. The van der Waals surface area contributed by atoms with Crippen molar-refractivity contribution in [1.29, 1.82) is 0 Å². The Balaban J connectivity index is 2.50. The van der Waals surface area contributed by atoms with Crippen molar-refractivity contribution in [2.24, 2.45) is 0 Å². The van der Waals surface area contributed by atoms with Gasteiger partial charge in [0.05, 0.1) is 5.88 Å². The van der Waals surface area contributed by atoms with Gasteiger partial charge in [0.25, 0.3) is 0 Å². The minimum absolute atomic E-state index is 0.341. The van der Waals surface area contributed by atoms with E-state index < -0.39 is 0 Å². The molecule has 2 nitrogen and oxygen atoms in total. The van der Waals surface area contributed by atoms with Crippen LogP contribution in [-0.4, -0.2) is 4.98 Å². The molecule has 0 aliphatic carbocycles. The van der Waals surface area contributed by atoms with Gasteiger partial charge in [-0.2, -0.15) is 0 Å². The van der Waals surface area contributed by atoms with Crippen LogP contribution in [0.15, 0.2) is 29.0 Å². The van der Waals surface area contributed by atoms with Crippen molar-refractivity contribution >= 4 is 23.2 Å². The van der Waals surface area contributed by atoms with Crippen molar-refractivity contribution in [2.45, 2.75) is 12.8 Å². The highest BCUT2D eigenvalue weighted by Crippen LogP contribution is 2.27. The highest BCUT2D eigenvalue weighted by Gasteiger charge is 2.10. The van der Waals surface area contributed by atoms with Gasteiger partial charge >= 0.3 is 0 Å². The van der Waals surface area contributed by atoms with Gasteiger partial charge in [0.15, 0.2) is 12.2 Å². The van der Waals surface area contributed by atoms with E-state index in [1.165, 1.54) is 6.39 Å². The van der Waals surface area contributed by atoms with Gasteiger partial charge in [-0.25, -0.2) is 4.98 Å². The van der Waals surface area contributed by atoms with Gasteiger partial charge in [-0.1, -0.05) is 11.6 Å². The number of benzene rings is 1. The zero-order valence-electron chi connectivity index (χ0n) is 8.13. The topological polar surface area (TPSA) is 26.0 Å². The van der Waals surface area contributed by atoms with Crippen molar-refractivity contribution in [1.82, 2.24) is 4.98 Å². The van der Waals surface area contributed by atoms with E-state index in [2.05, 4.69) is 4.98 Å². The minimum Gasteiger partial charge on any atom is -0.443 e. The third kappa shape index (κ3) is 2.01. The Labute approximate surface area is 97.8 Å². The lowest BCUT2D eigenvalue weighted by molar-refractivity contribution is 0.571. The van der Waals surface area contributed by atoms with Crippen molar-refractivity contribution in [3.63, 3.8) is 0 Å². The predicted octanol–water partition coefficient (Wildman–Crippen LogP) is 4.04. The predicted molar refractivity (Wildman–Crippen MR) is 61.2 cm³/mol. The smallest absolute Gasteiger partial charge is 0.181 e. The van der Waals surface area contributed by atoms with Crippen LogP contribution in [0, 0.1) is 6.92 Å². The lowest BCUT2D eigenvalue weighted by Crippen LogP contribution is -1.84. The second-order valence-electron chi connectivity index (χ2n) is 3.23. The van der Waals surface area contributed by atoms with Crippen LogP contribution in [0.25, 0.3) is 11.3 Å². The fourth-order valence-electron chi connectivity index (χ4n) is 1.39. The average molecular weight is 242 g/mol. The van der Waals surface area contributed by atoms with E-state index >= 15 is 0 Å². The largest absolute Gasteiger partial charge is 0.443 e. The Bertz CT molecular complexity index is 479. The normalized spacial score (nSPS) is 10.6. The Morgan fingerprint density at radius 1 is 1.40 bits per heavy atom. The zero-order valence-corrected chi connectivity index (χ0v) is 9.64. The molecule has 1 aromatic carbocycles. The second-order valence-corrected chi connectivity index (χ2v) is 3.90. The third-order valence-electron chi connectivity index (χ3n) is 2.19. The molecule has 0 aliphatic rings. The van der Waals surface area contributed by atoms with Crippen LogP contribution in [0.1, 0.15) is 11.3 Å². The minimum atomic E-state index is 0.341. The highest BCUT2D eigenvalue weighted by atomic mass is 35.5. The van der Waals surface area contributed by atoms with Gasteiger partial charge in [-0.05, 0) is 30.7 Å². The fraction of sp³-hybridized carbons (Fsp3) is 0.182. The highest BCUT2D eigenvalue weighted by molar-refractivity contribution is 6.31. The first kappa shape index (κ1) is 10.5. The summed E-state index contributed by atoms with van der Waals surface area (Å²) >= 11 is 11.7. The summed E-state index contributed by atoms with van der Waals surface area (Å²) < 4.78 is 5.30. The van der Waals surface area contributed by atoms with Gasteiger partial charge in [0.1, 0.15) is 5.69 Å². The maximum atomic E-state index is 5.94. The van der Waals surface area contributed by atoms with Gasteiger partial charge < -0.3 is 4.42 Å². The molecule has 0 unspecified atom stereocenters. The molecule has 78 valence electrons. The number of alkyl halides is 1. The summed E-state index contributed by atoms with van der Waals surface area (Å²) in [6.45, 7) is 1.95. The summed E-state index contributed by atoms with van der Waals surface area (Å²) in [4.78, 5) is 4.03. The molecular formula is C11H9Cl2NO. The first-order chi connectivity index (χ1) is 7.22. The molecule has 0 fully saturated rings. The van der Waals surface area contributed by atoms with Crippen molar-refractivity contribution in [2.75, 3.05) is 0 Å². The molecule has 1 heterocycles. The summed E-state index contributed by atoms with van der Waals surface area (Å²) in [5.41, 5.74) is 2.70. The molecule has 4 heteroatoms. The molecule has 0 radical (unpaired) electrons. The zero-order chi connectivity index (χ0) is 10.8. The van der Waals surface area contributed by atoms with Crippen molar-refractivity contribution < 1.29 is 4.42 Å². The molecule has 1 aromatic heterocycles. The quantitative estimate of drug-likeness (QED) is 0.742. The first-order valence-electron chi connectivity index (χ1n) is 4.47. The summed E-state index contributed by atoms with van der Waals surface area (Å²) in [5, 5.41) is 0.741. The van der Waals surface area contributed by atoms with E-state index in [4.69, 9.17) is 27.6 Å². The van der Waals surface area contributed by atoms with Gasteiger partial charge in [-0.15, -0.1) is 11.6 Å². The number of halogens is 2. The van der Waals surface area contributed by atoms with Crippen LogP contribution < -0.4 is 0 Å². The molecule has 0 amide bonds. The Morgan fingerprint density at radius 3 is 2.87 bits per heavy atom. The number of nitrogens with zero attached hydrogens (tertiary/aromatic N) is 1. The summed E-state index contributed by atoms with van der Waals surface area (Å²) in [5.74, 6) is 1.05. The lowest BCUT2D eigenvalue weighted by Gasteiger charge is -2.02. The number of aromatic nitrogens is 1. The summed E-state index contributed by atoms with van der Waals surface area (Å²) in [7, 11) is 0. The van der Waals surface area contributed by atoms with E-state index in [-0.39, 0.29) is 0 Å². The Kier molecular flexibility index (Phi) is 2.98. The van der Waals surface area contributed by atoms with E-state index in [1.807, 2.05) is 25.1 Å². The molecule has 0 atom stereocenters. The van der Waals surface area contributed by atoms with E-state index in [1.54, 1.807) is 0 Å². The first-order valence-corrected chi connectivity index (χ1v) is 5.38. The van der Waals surface area contributed by atoms with Crippen LogP contribution in [0.5, 0.6) is 0 Å². The van der Waals surface area contributed by atoms with Crippen molar-refractivity contribution in [3.8, 4) is 11.3 Å². The van der Waals surface area contributed by atoms with Crippen LogP contribution in [-0.2, 0) is 5.88 Å². The SMILES string of the molecule is Cc1cc(-c2ocnc2CCl)ccc1Cl. The fourth-order valence-corrected chi connectivity index (χ4v) is 1.69. The average Bonchev–Trinajstić information content (AvgIpc) is 2.70. The number of hydrogen-bond donors (Lipinski definition) is 0. The molecule has 0 spiro atoms. The molecule has 0 aliphatic heterocycles. The van der Waals surface area contributed by atoms with E-state index in [0.717, 1.165) is 21.8 Å². The molecule has 2 aromatic rings. The third-order valence-corrected chi connectivity index (χ3v) is 2.87. The number of aryl methyl sites for hydroxylation is 1. The van der Waals surface area contributed by atoms with Crippen LogP contribution in [0.4, 0.5) is 0 Å². The van der Waals surface area contributed by atoms with Crippen LogP contribution >= 0.6 is 23.2 Å². The molecular weight excluding hydrogens is 233 g/mol. The molecule has 0 saturated carbocycles. The maximum Gasteiger partial charge on any atom is 0.181 e. The van der Waals surface area contributed by atoms with E-state index in [9.17, 15) is 0 Å². The summed E-state index contributed by atoms with van der Waals surface area (Å²) in [6.07, 6.45) is 1.40. The van der Waals surface area contributed by atoms with Crippen molar-refractivity contribution in [3.05, 3.63) is 40.9 Å². The maximum absolute atomic E-state index is 5.94. The van der Waals surface area contributed by atoms with E-state index in [0.29, 0.717) is 11.6 Å².